The van der Waals surface area contributed by atoms with Crippen LogP contribution in [0.2, 0.25) is 0 Å². The Hall–Kier alpha value is -2.95. The smallest absolute Gasteiger partial charge is 0.145 e. The Balaban J connectivity index is 1.39. The molecule has 3 aromatic rings. The zero-order valence-electron chi connectivity index (χ0n) is 17.1. The summed E-state index contributed by atoms with van der Waals surface area (Å²) in [6.07, 6.45) is 0.980. The molecule has 1 heterocycles. The third kappa shape index (κ3) is 5.78. The summed E-state index contributed by atoms with van der Waals surface area (Å²) in [5, 5.41) is 15.1. The molecule has 2 atom stereocenters. The first kappa shape index (κ1) is 20.3. The lowest BCUT2D eigenvalue weighted by molar-refractivity contribution is 0.0322. The molecule has 1 aliphatic rings. The molecule has 0 amide bonds. The van der Waals surface area contributed by atoms with Gasteiger partial charge in [-0.15, -0.1) is 0 Å². The van der Waals surface area contributed by atoms with Crippen molar-refractivity contribution in [1.82, 2.24) is 4.90 Å². The normalized spacial score (nSPS) is 16.9. The Bertz CT molecular complexity index is 929. The molecule has 0 fully saturated rings. The molecule has 0 spiro atoms. The third-order valence-corrected chi connectivity index (χ3v) is 5.33. The third-order valence-electron chi connectivity index (χ3n) is 5.33. The minimum atomic E-state index is -0.438. The summed E-state index contributed by atoms with van der Waals surface area (Å²) in [5.41, 5.74) is 4.48. The van der Waals surface area contributed by atoms with Crippen LogP contribution < -0.4 is 0 Å². The van der Waals surface area contributed by atoms with E-state index in [9.17, 15) is 5.11 Å². The van der Waals surface area contributed by atoms with Crippen molar-refractivity contribution in [2.45, 2.75) is 31.6 Å². The second-order valence-corrected chi connectivity index (χ2v) is 7.86. The van der Waals surface area contributed by atoms with Crippen LogP contribution in [0.1, 0.15) is 23.1 Å². The number of benzene rings is 3. The monoisotopic (exact) mass is 400 g/mol. The molecule has 0 unspecified atom stereocenters. The highest BCUT2D eigenvalue weighted by molar-refractivity contribution is 6.01. The van der Waals surface area contributed by atoms with Gasteiger partial charge in [0.15, 0.2) is 0 Å². The molecule has 1 N–H and O–H groups in total. The van der Waals surface area contributed by atoms with E-state index < -0.39 is 6.10 Å². The summed E-state index contributed by atoms with van der Waals surface area (Å²) in [7, 11) is 0. The molecule has 4 heteroatoms. The van der Waals surface area contributed by atoms with Gasteiger partial charge >= 0.3 is 0 Å². The zero-order valence-corrected chi connectivity index (χ0v) is 17.1. The largest absolute Gasteiger partial charge is 0.391 e. The fourth-order valence-electron chi connectivity index (χ4n) is 3.91. The van der Waals surface area contributed by atoms with E-state index in [1.807, 2.05) is 42.5 Å². The fraction of sp³-hybridized carbons (Fsp3) is 0.269. The molecule has 3 aromatic carbocycles. The molecular formula is C26H28N2O2. The lowest BCUT2D eigenvalue weighted by atomic mass is 10.0. The maximum Gasteiger partial charge on any atom is 0.145 e. The molecular weight excluding hydrogens is 372 g/mol. The maximum absolute atomic E-state index is 10.7. The van der Waals surface area contributed by atoms with Gasteiger partial charge in [-0.1, -0.05) is 96.2 Å². The van der Waals surface area contributed by atoms with E-state index in [2.05, 4.69) is 58.6 Å². The number of aliphatic hydroxyl groups excluding tert-OH is 1. The quantitative estimate of drug-likeness (QED) is 0.583. The standard InChI is InChI=1S/C26H28N2O2/c29-24(16-21-10-4-1-5-11-21)19-28(18-22-12-6-2-7-13-22)20-25-17-26(27-30-25)23-14-8-3-9-15-23/h1-15,24-25,29H,16-20H2/t24-,25+/m0/s1. The van der Waals surface area contributed by atoms with Gasteiger partial charge in [-0.05, 0) is 23.1 Å². The van der Waals surface area contributed by atoms with E-state index in [4.69, 9.17) is 4.84 Å². The second-order valence-electron chi connectivity index (χ2n) is 7.86. The van der Waals surface area contributed by atoms with Crippen LogP contribution in [0, 0.1) is 0 Å². The van der Waals surface area contributed by atoms with Crippen molar-refractivity contribution in [2.24, 2.45) is 5.16 Å². The molecule has 0 saturated carbocycles. The highest BCUT2D eigenvalue weighted by atomic mass is 16.6. The maximum atomic E-state index is 10.7. The van der Waals surface area contributed by atoms with Crippen molar-refractivity contribution < 1.29 is 9.94 Å². The summed E-state index contributed by atoms with van der Waals surface area (Å²) in [6, 6.07) is 30.7. The molecule has 0 saturated heterocycles. The summed E-state index contributed by atoms with van der Waals surface area (Å²) in [6.45, 7) is 2.08. The topological polar surface area (TPSA) is 45.1 Å². The molecule has 30 heavy (non-hydrogen) atoms. The minimum Gasteiger partial charge on any atom is -0.391 e. The van der Waals surface area contributed by atoms with E-state index in [0.717, 1.165) is 36.3 Å². The average Bonchev–Trinajstić information content (AvgIpc) is 3.24. The fourth-order valence-corrected chi connectivity index (χ4v) is 3.91. The van der Waals surface area contributed by atoms with Crippen molar-refractivity contribution in [3.05, 3.63) is 108 Å². The van der Waals surface area contributed by atoms with Crippen LogP contribution >= 0.6 is 0 Å². The van der Waals surface area contributed by atoms with E-state index in [1.165, 1.54) is 5.56 Å². The van der Waals surface area contributed by atoms with E-state index in [-0.39, 0.29) is 6.10 Å². The highest BCUT2D eigenvalue weighted by Crippen LogP contribution is 2.19. The predicted octanol–water partition coefficient (Wildman–Crippen LogP) is 4.29. The van der Waals surface area contributed by atoms with Crippen LogP contribution in [-0.4, -0.2) is 41.0 Å². The number of hydrogen-bond donors (Lipinski definition) is 1. The van der Waals surface area contributed by atoms with Crippen molar-refractivity contribution in [3.63, 3.8) is 0 Å². The number of nitrogens with zero attached hydrogens (tertiary/aromatic N) is 2. The van der Waals surface area contributed by atoms with Gasteiger partial charge in [0, 0.05) is 26.1 Å². The molecule has 0 aromatic heterocycles. The van der Waals surface area contributed by atoms with Gasteiger partial charge in [-0.2, -0.15) is 0 Å². The molecule has 0 aliphatic carbocycles. The Morgan fingerprint density at radius 2 is 1.47 bits per heavy atom. The van der Waals surface area contributed by atoms with Gasteiger partial charge in [0.05, 0.1) is 11.8 Å². The first-order valence-electron chi connectivity index (χ1n) is 10.5. The molecule has 154 valence electrons. The second kappa shape index (κ2) is 10.2. The number of aliphatic hydroxyl groups is 1. The predicted molar refractivity (Wildman–Crippen MR) is 120 cm³/mol. The van der Waals surface area contributed by atoms with Gasteiger partial charge in [0.25, 0.3) is 0 Å². The van der Waals surface area contributed by atoms with Gasteiger partial charge in [-0.25, -0.2) is 0 Å². The van der Waals surface area contributed by atoms with Gasteiger partial charge in [0.1, 0.15) is 6.10 Å². The summed E-state index contributed by atoms with van der Waals surface area (Å²) >= 11 is 0. The minimum absolute atomic E-state index is 0.00663. The molecule has 4 nitrogen and oxygen atoms in total. The van der Waals surface area contributed by atoms with Crippen LogP contribution in [0.15, 0.2) is 96.2 Å². The number of oxime groups is 1. The molecule has 4 rings (SSSR count). The molecule has 0 radical (unpaired) electrons. The van der Waals surface area contributed by atoms with Crippen molar-refractivity contribution >= 4 is 5.71 Å². The lowest BCUT2D eigenvalue weighted by Crippen LogP contribution is -2.38. The highest BCUT2D eigenvalue weighted by Gasteiger charge is 2.25. The van der Waals surface area contributed by atoms with E-state index in [0.29, 0.717) is 13.0 Å². The zero-order chi connectivity index (χ0) is 20.6. The van der Waals surface area contributed by atoms with Crippen molar-refractivity contribution in [2.75, 3.05) is 13.1 Å². The van der Waals surface area contributed by atoms with Gasteiger partial charge in [-0.3, -0.25) is 4.90 Å². The molecule has 0 bridgehead atoms. The lowest BCUT2D eigenvalue weighted by Gasteiger charge is -2.27. The van der Waals surface area contributed by atoms with Crippen LogP contribution in [-0.2, 0) is 17.8 Å². The Morgan fingerprint density at radius 3 is 2.13 bits per heavy atom. The number of hydrogen-bond acceptors (Lipinski definition) is 4. The summed E-state index contributed by atoms with van der Waals surface area (Å²) in [5.74, 6) is 0. The Labute approximate surface area is 178 Å². The average molecular weight is 401 g/mol. The van der Waals surface area contributed by atoms with Crippen LogP contribution in [0.4, 0.5) is 0 Å². The van der Waals surface area contributed by atoms with Gasteiger partial charge < -0.3 is 9.94 Å². The van der Waals surface area contributed by atoms with Gasteiger partial charge in [0.2, 0.25) is 0 Å². The van der Waals surface area contributed by atoms with E-state index in [1.54, 1.807) is 0 Å². The van der Waals surface area contributed by atoms with Crippen LogP contribution in [0.5, 0.6) is 0 Å². The first-order valence-corrected chi connectivity index (χ1v) is 10.5. The summed E-state index contributed by atoms with van der Waals surface area (Å²) < 4.78 is 0. The van der Waals surface area contributed by atoms with Crippen molar-refractivity contribution in [1.29, 1.82) is 0 Å². The van der Waals surface area contributed by atoms with Crippen molar-refractivity contribution in [3.8, 4) is 0 Å². The van der Waals surface area contributed by atoms with Crippen LogP contribution in [0.3, 0.4) is 0 Å². The summed E-state index contributed by atoms with van der Waals surface area (Å²) in [4.78, 5) is 8.03. The first-order chi connectivity index (χ1) is 14.8. The SMILES string of the molecule is O[C@@H](Cc1ccccc1)CN(Cc1ccccc1)C[C@H]1CC(c2ccccc2)=NO1. The molecule has 1 aliphatic heterocycles. The van der Waals surface area contributed by atoms with Crippen LogP contribution in [0.25, 0.3) is 0 Å². The Kier molecular flexibility index (Phi) is 6.91. The Morgan fingerprint density at radius 1 is 0.867 bits per heavy atom. The number of rotatable bonds is 9. The van der Waals surface area contributed by atoms with E-state index >= 15 is 0 Å².